The van der Waals surface area contributed by atoms with Crippen molar-refractivity contribution in [2.24, 2.45) is 0 Å². The van der Waals surface area contributed by atoms with Crippen LogP contribution in [0.25, 0.3) is 16.7 Å². The van der Waals surface area contributed by atoms with Crippen molar-refractivity contribution in [1.82, 2.24) is 15.0 Å². The number of hydrogen-bond donors (Lipinski definition) is 0. The van der Waals surface area contributed by atoms with Crippen LogP contribution in [0.4, 0.5) is 0 Å². The Balaban J connectivity index is 1.45. The Labute approximate surface area is 170 Å². The smallest absolute Gasteiger partial charge is 0.113 e. The van der Waals surface area contributed by atoms with Gasteiger partial charge in [-0.3, -0.25) is 0 Å². The van der Waals surface area contributed by atoms with Crippen LogP contribution in [0.2, 0.25) is 0 Å². The predicted molar refractivity (Wildman–Crippen MR) is 118 cm³/mol. The van der Waals surface area contributed by atoms with Crippen molar-refractivity contribution in [1.29, 1.82) is 0 Å². The zero-order valence-electron chi connectivity index (χ0n) is 17.6. The molecule has 0 aliphatic heterocycles. The predicted octanol–water partition coefficient (Wildman–Crippen LogP) is 6.99. The van der Waals surface area contributed by atoms with E-state index in [0.29, 0.717) is 0 Å². The van der Waals surface area contributed by atoms with Crippen LogP contribution in [0.3, 0.4) is 0 Å². The summed E-state index contributed by atoms with van der Waals surface area (Å²) in [7, 11) is 0. The van der Waals surface area contributed by atoms with Crippen LogP contribution in [0, 0.1) is 13.0 Å². The van der Waals surface area contributed by atoms with E-state index in [1.54, 1.807) is 4.80 Å². The van der Waals surface area contributed by atoms with Gasteiger partial charge in [-0.1, -0.05) is 82.9 Å². The second kappa shape index (κ2) is 11.0. The topological polar surface area (TPSA) is 30.7 Å². The Morgan fingerprint density at radius 1 is 0.786 bits per heavy atom. The molecule has 149 valence electrons. The minimum Gasteiger partial charge on any atom is -0.150 e. The molecule has 2 aromatic carbocycles. The molecular weight excluding hydrogens is 342 g/mol. The Morgan fingerprint density at radius 3 is 1.96 bits per heavy atom. The molecule has 3 aromatic rings. The number of hydrogen-bond acceptors (Lipinski definition) is 2. The van der Waals surface area contributed by atoms with E-state index in [4.69, 9.17) is 0 Å². The lowest BCUT2D eigenvalue weighted by Gasteiger charge is -2.07. The molecule has 0 fully saturated rings. The summed E-state index contributed by atoms with van der Waals surface area (Å²) in [6, 6.07) is 15.9. The molecule has 0 aliphatic rings. The van der Waals surface area contributed by atoms with E-state index in [1.165, 1.54) is 75.3 Å². The second-order valence-electron chi connectivity index (χ2n) is 7.98. The van der Waals surface area contributed by atoms with Crippen LogP contribution in [-0.2, 0) is 6.42 Å². The maximum atomic E-state index is 4.60. The summed E-state index contributed by atoms with van der Waals surface area (Å²) in [5, 5.41) is 9.19. The van der Waals surface area contributed by atoms with Crippen LogP contribution < -0.4 is 0 Å². The third-order valence-electron chi connectivity index (χ3n) is 5.36. The molecule has 0 aliphatic carbocycles. The zero-order chi connectivity index (χ0) is 19.6. The SMILES string of the molecule is CCCCCCCCCCCCc1[c]c(-n2nc3ccccc3n2)cc(C)c1. The third-order valence-corrected chi connectivity index (χ3v) is 5.36. The summed E-state index contributed by atoms with van der Waals surface area (Å²) >= 11 is 0. The molecule has 1 heterocycles. The first-order valence-electron chi connectivity index (χ1n) is 11.1. The van der Waals surface area contributed by atoms with E-state index in [1.807, 2.05) is 24.3 Å². The van der Waals surface area contributed by atoms with Crippen LogP contribution >= 0.6 is 0 Å². The van der Waals surface area contributed by atoms with Gasteiger partial charge in [-0.25, -0.2) is 0 Å². The van der Waals surface area contributed by atoms with Crippen molar-refractivity contribution in [3.63, 3.8) is 0 Å². The van der Waals surface area contributed by atoms with E-state index in [9.17, 15) is 0 Å². The van der Waals surface area contributed by atoms with Gasteiger partial charge in [0.25, 0.3) is 0 Å². The molecule has 0 spiro atoms. The van der Waals surface area contributed by atoms with Crippen molar-refractivity contribution < 1.29 is 0 Å². The highest BCUT2D eigenvalue weighted by Crippen LogP contribution is 2.17. The number of fused-ring (bicyclic) bond motifs is 1. The first kappa shape index (κ1) is 20.6. The molecule has 0 unspecified atom stereocenters. The van der Waals surface area contributed by atoms with Crippen LogP contribution in [0.1, 0.15) is 82.3 Å². The van der Waals surface area contributed by atoms with Crippen molar-refractivity contribution in [3.05, 3.63) is 53.6 Å². The molecule has 1 radical (unpaired) electrons. The number of aromatic nitrogens is 3. The van der Waals surface area contributed by atoms with Crippen molar-refractivity contribution >= 4 is 11.0 Å². The van der Waals surface area contributed by atoms with E-state index in [-0.39, 0.29) is 0 Å². The highest BCUT2D eigenvalue weighted by atomic mass is 15.5. The van der Waals surface area contributed by atoms with Gasteiger partial charge in [0.2, 0.25) is 0 Å². The number of unbranched alkanes of at least 4 members (excludes halogenated alkanes) is 9. The van der Waals surface area contributed by atoms with Gasteiger partial charge in [-0.2, -0.15) is 0 Å². The van der Waals surface area contributed by atoms with Crippen LogP contribution in [-0.4, -0.2) is 15.0 Å². The molecule has 0 atom stereocenters. The second-order valence-corrected chi connectivity index (χ2v) is 7.98. The average molecular weight is 377 g/mol. The summed E-state index contributed by atoms with van der Waals surface area (Å²) in [6.45, 7) is 4.42. The molecule has 0 N–H and O–H groups in total. The van der Waals surface area contributed by atoms with E-state index in [2.05, 4.69) is 42.2 Å². The van der Waals surface area contributed by atoms with Crippen molar-refractivity contribution in [2.45, 2.75) is 84.5 Å². The van der Waals surface area contributed by atoms with E-state index >= 15 is 0 Å². The first-order valence-corrected chi connectivity index (χ1v) is 11.1. The Kier molecular flexibility index (Phi) is 8.07. The lowest BCUT2D eigenvalue weighted by atomic mass is 10.0. The summed E-state index contributed by atoms with van der Waals surface area (Å²) < 4.78 is 0. The molecule has 0 amide bonds. The average Bonchev–Trinajstić information content (AvgIpc) is 3.13. The fourth-order valence-electron chi connectivity index (χ4n) is 3.78. The number of rotatable bonds is 12. The minimum atomic E-state index is 0.925. The maximum absolute atomic E-state index is 4.60. The summed E-state index contributed by atoms with van der Waals surface area (Å²) in [5.41, 5.74) is 5.31. The molecule has 0 saturated heterocycles. The Hall–Kier alpha value is -2.16. The van der Waals surface area contributed by atoms with Gasteiger partial charge >= 0.3 is 0 Å². The Bertz CT molecular complexity index is 817. The first-order chi connectivity index (χ1) is 13.8. The Morgan fingerprint density at radius 2 is 1.36 bits per heavy atom. The van der Waals surface area contributed by atoms with E-state index in [0.717, 1.165) is 23.1 Å². The lowest BCUT2D eigenvalue weighted by molar-refractivity contribution is 0.556. The number of nitrogens with zero attached hydrogens (tertiary/aromatic N) is 3. The van der Waals surface area contributed by atoms with E-state index < -0.39 is 0 Å². The molecular formula is C25H34N3. The summed E-state index contributed by atoms with van der Waals surface area (Å²) in [5.74, 6) is 0. The molecule has 0 saturated carbocycles. The molecule has 3 nitrogen and oxygen atoms in total. The quantitative estimate of drug-likeness (QED) is 0.319. The fraction of sp³-hybridized carbons (Fsp3) is 0.520. The van der Waals surface area contributed by atoms with Gasteiger partial charge in [-0.15, -0.1) is 15.0 Å². The third kappa shape index (κ3) is 6.19. The van der Waals surface area contributed by atoms with Crippen LogP contribution in [0.15, 0.2) is 36.4 Å². The largest absolute Gasteiger partial charge is 0.150 e. The van der Waals surface area contributed by atoms with Crippen molar-refractivity contribution in [3.8, 4) is 5.69 Å². The van der Waals surface area contributed by atoms with Gasteiger partial charge in [0.15, 0.2) is 0 Å². The van der Waals surface area contributed by atoms with Crippen LogP contribution in [0.5, 0.6) is 0 Å². The fourth-order valence-corrected chi connectivity index (χ4v) is 3.78. The van der Waals surface area contributed by atoms with Crippen molar-refractivity contribution in [2.75, 3.05) is 0 Å². The molecule has 3 heteroatoms. The standard InChI is InChI=1S/C25H34N3/c1-3-4-5-6-7-8-9-10-11-12-15-22-18-21(2)19-23(20-22)28-26-24-16-13-14-17-25(24)27-28/h13-14,16-19H,3-12,15H2,1-2H3. The van der Waals surface area contributed by atoms with Gasteiger partial charge in [0, 0.05) is 6.07 Å². The highest BCUT2D eigenvalue weighted by molar-refractivity contribution is 5.73. The number of aryl methyl sites for hydroxylation is 2. The normalized spacial score (nSPS) is 11.4. The molecule has 0 bridgehead atoms. The zero-order valence-corrected chi connectivity index (χ0v) is 17.6. The van der Waals surface area contributed by atoms with Gasteiger partial charge < -0.3 is 0 Å². The van der Waals surface area contributed by atoms with Gasteiger partial charge in [0.1, 0.15) is 11.0 Å². The monoisotopic (exact) mass is 376 g/mol. The highest BCUT2D eigenvalue weighted by Gasteiger charge is 2.07. The van der Waals surface area contributed by atoms with Gasteiger partial charge in [0.05, 0.1) is 5.69 Å². The molecule has 28 heavy (non-hydrogen) atoms. The van der Waals surface area contributed by atoms with Gasteiger partial charge in [-0.05, 0) is 49.1 Å². The minimum absolute atomic E-state index is 0.925. The molecule has 3 rings (SSSR count). The maximum Gasteiger partial charge on any atom is 0.113 e. The summed E-state index contributed by atoms with van der Waals surface area (Å²) in [4.78, 5) is 1.72. The molecule has 1 aromatic heterocycles. The summed E-state index contributed by atoms with van der Waals surface area (Å²) in [6.07, 6.45) is 14.8. The number of benzene rings is 2. The lowest BCUT2D eigenvalue weighted by Crippen LogP contribution is -2.01.